The van der Waals surface area contributed by atoms with Gasteiger partial charge in [0, 0.05) is 0 Å². The number of fused-ring (bicyclic) bond motifs is 1. The minimum absolute atomic E-state index is 0.223. The summed E-state index contributed by atoms with van der Waals surface area (Å²) in [5, 5.41) is 0. The quantitative estimate of drug-likeness (QED) is 0.736. The molecule has 4 heteroatoms. The first-order chi connectivity index (χ1) is 8.74. The molecule has 3 aromatic rings. The van der Waals surface area contributed by atoms with E-state index in [1.54, 1.807) is 10.6 Å². The molecule has 0 aliphatic rings. The molecule has 1 heterocycles. The van der Waals surface area contributed by atoms with Gasteiger partial charge in [-0.1, -0.05) is 30.3 Å². The molecule has 1 aromatic heterocycles. The maximum Gasteiger partial charge on any atom is 0.326 e. The molecule has 18 heavy (non-hydrogen) atoms. The number of hydrogen-bond acceptors (Lipinski definition) is 1. The van der Waals surface area contributed by atoms with Crippen molar-refractivity contribution in [3.8, 4) is 0 Å². The van der Waals surface area contributed by atoms with Gasteiger partial charge in [0.15, 0.2) is 0 Å². The van der Waals surface area contributed by atoms with Crippen LogP contribution in [0.25, 0.3) is 11.0 Å². The van der Waals surface area contributed by atoms with Gasteiger partial charge in [0.1, 0.15) is 5.82 Å². The number of hydrogen-bond donors (Lipinski definition) is 1. The summed E-state index contributed by atoms with van der Waals surface area (Å²) in [5.41, 5.74) is 2.05. The van der Waals surface area contributed by atoms with Crippen molar-refractivity contribution in [3.05, 3.63) is 70.4 Å². The van der Waals surface area contributed by atoms with Crippen LogP contribution < -0.4 is 5.69 Å². The Bertz CT molecular complexity index is 743. The molecular formula is C14H11FN2O. The van der Waals surface area contributed by atoms with E-state index < -0.39 is 0 Å². The van der Waals surface area contributed by atoms with Crippen molar-refractivity contribution in [2.75, 3.05) is 0 Å². The van der Waals surface area contributed by atoms with Gasteiger partial charge in [-0.2, -0.15) is 0 Å². The van der Waals surface area contributed by atoms with Gasteiger partial charge in [-0.15, -0.1) is 0 Å². The van der Waals surface area contributed by atoms with E-state index in [1.165, 1.54) is 12.1 Å². The number of rotatable bonds is 2. The summed E-state index contributed by atoms with van der Waals surface area (Å²) in [7, 11) is 0. The number of aromatic amines is 1. The summed E-state index contributed by atoms with van der Waals surface area (Å²) in [4.78, 5) is 14.5. The number of nitrogens with zero attached hydrogens (tertiary/aromatic N) is 1. The molecule has 0 amide bonds. The minimum Gasteiger partial charge on any atom is -0.305 e. The van der Waals surface area contributed by atoms with E-state index in [4.69, 9.17) is 0 Å². The molecule has 0 aliphatic carbocycles. The van der Waals surface area contributed by atoms with Crippen LogP contribution in [0.3, 0.4) is 0 Å². The van der Waals surface area contributed by atoms with E-state index in [-0.39, 0.29) is 11.5 Å². The number of aromatic nitrogens is 2. The van der Waals surface area contributed by atoms with Crippen molar-refractivity contribution in [1.82, 2.24) is 9.55 Å². The van der Waals surface area contributed by atoms with Gasteiger partial charge in [0.25, 0.3) is 0 Å². The average molecular weight is 242 g/mol. The molecule has 0 saturated heterocycles. The third-order valence-electron chi connectivity index (χ3n) is 2.92. The highest BCUT2D eigenvalue weighted by molar-refractivity contribution is 5.75. The number of H-pyrrole nitrogens is 1. The highest BCUT2D eigenvalue weighted by Gasteiger charge is 2.07. The van der Waals surface area contributed by atoms with Crippen LogP contribution in [-0.4, -0.2) is 9.55 Å². The molecule has 0 unspecified atom stereocenters. The van der Waals surface area contributed by atoms with Crippen LogP contribution in [0.1, 0.15) is 5.56 Å². The molecule has 3 rings (SSSR count). The first kappa shape index (κ1) is 10.8. The molecule has 0 bridgehead atoms. The van der Waals surface area contributed by atoms with Crippen LogP contribution in [0.5, 0.6) is 0 Å². The second-order valence-electron chi connectivity index (χ2n) is 4.16. The number of halogens is 1. The molecule has 90 valence electrons. The van der Waals surface area contributed by atoms with Gasteiger partial charge in [-0.3, -0.25) is 4.57 Å². The topological polar surface area (TPSA) is 37.8 Å². The molecule has 0 atom stereocenters. The summed E-state index contributed by atoms with van der Waals surface area (Å²) in [6.45, 7) is 0.477. The van der Waals surface area contributed by atoms with Crippen molar-refractivity contribution in [2.24, 2.45) is 0 Å². The Morgan fingerprint density at radius 2 is 1.89 bits per heavy atom. The van der Waals surface area contributed by atoms with Crippen molar-refractivity contribution in [3.63, 3.8) is 0 Å². The molecule has 0 radical (unpaired) electrons. The lowest BCUT2D eigenvalue weighted by molar-refractivity contribution is 0.629. The summed E-state index contributed by atoms with van der Waals surface area (Å²) in [6, 6.07) is 14.0. The lowest BCUT2D eigenvalue weighted by Crippen LogP contribution is -2.17. The predicted octanol–water partition coefficient (Wildman–Crippen LogP) is 2.52. The summed E-state index contributed by atoms with van der Waals surface area (Å²) >= 11 is 0. The lowest BCUT2D eigenvalue weighted by Gasteiger charge is -2.03. The van der Waals surface area contributed by atoms with Gasteiger partial charge in [0.2, 0.25) is 0 Å². The lowest BCUT2D eigenvalue weighted by atomic mass is 10.2. The normalized spacial score (nSPS) is 10.9. The van der Waals surface area contributed by atoms with Crippen LogP contribution in [-0.2, 0) is 6.54 Å². The number of imidazole rings is 1. The largest absolute Gasteiger partial charge is 0.326 e. The van der Waals surface area contributed by atoms with Crippen molar-refractivity contribution in [2.45, 2.75) is 6.54 Å². The molecule has 0 aliphatic heterocycles. The highest BCUT2D eigenvalue weighted by atomic mass is 19.1. The smallest absolute Gasteiger partial charge is 0.305 e. The Kier molecular flexibility index (Phi) is 2.48. The SMILES string of the molecule is O=c1[nH]c2cc(F)ccc2n1Cc1ccccc1. The van der Waals surface area contributed by atoms with Crippen LogP contribution in [0.4, 0.5) is 4.39 Å². The van der Waals surface area contributed by atoms with E-state index in [1.807, 2.05) is 30.3 Å². The molecule has 0 spiro atoms. The van der Waals surface area contributed by atoms with E-state index in [0.717, 1.165) is 5.56 Å². The van der Waals surface area contributed by atoms with Gasteiger partial charge < -0.3 is 4.98 Å². The number of nitrogens with one attached hydrogen (secondary N) is 1. The fourth-order valence-electron chi connectivity index (χ4n) is 2.06. The zero-order valence-corrected chi connectivity index (χ0v) is 9.56. The first-order valence-corrected chi connectivity index (χ1v) is 5.66. The molecule has 2 aromatic carbocycles. The summed E-state index contributed by atoms with van der Waals surface area (Å²) in [5.74, 6) is -0.351. The molecule has 0 saturated carbocycles. The predicted molar refractivity (Wildman–Crippen MR) is 68.1 cm³/mol. The highest BCUT2D eigenvalue weighted by Crippen LogP contribution is 2.13. The second-order valence-corrected chi connectivity index (χ2v) is 4.16. The zero-order valence-electron chi connectivity index (χ0n) is 9.56. The summed E-state index contributed by atoms with van der Waals surface area (Å²) < 4.78 is 14.7. The Morgan fingerprint density at radius 3 is 2.67 bits per heavy atom. The standard InChI is InChI=1S/C14H11FN2O/c15-11-6-7-13-12(8-11)16-14(18)17(13)9-10-4-2-1-3-5-10/h1-8H,9H2,(H,16,18). The fourth-order valence-corrected chi connectivity index (χ4v) is 2.06. The van der Waals surface area contributed by atoms with Gasteiger partial charge in [-0.05, 0) is 23.8 Å². The van der Waals surface area contributed by atoms with Gasteiger partial charge >= 0.3 is 5.69 Å². The molecular weight excluding hydrogens is 231 g/mol. The third-order valence-corrected chi connectivity index (χ3v) is 2.92. The number of benzene rings is 2. The van der Waals surface area contributed by atoms with Crippen molar-refractivity contribution < 1.29 is 4.39 Å². The first-order valence-electron chi connectivity index (χ1n) is 5.66. The Morgan fingerprint density at radius 1 is 1.11 bits per heavy atom. The monoisotopic (exact) mass is 242 g/mol. The van der Waals surface area contributed by atoms with Crippen LogP contribution in [0.2, 0.25) is 0 Å². The van der Waals surface area contributed by atoms with Crippen molar-refractivity contribution in [1.29, 1.82) is 0 Å². The minimum atomic E-state index is -0.351. The average Bonchev–Trinajstić information content (AvgIpc) is 2.66. The Hall–Kier alpha value is -2.36. The molecule has 1 N–H and O–H groups in total. The van der Waals surface area contributed by atoms with Crippen molar-refractivity contribution >= 4 is 11.0 Å². The second kappa shape index (κ2) is 4.14. The molecule has 0 fully saturated rings. The van der Waals surface area contributed by atoms with Gasteiger partial charge in [0.05, 0.1) is 17.6 Å². The third kappa shape index (κ3) is 1.82. The van der Waals surface area contributed by atoms with E-state index in [0.29, 0.717) is 17.6 Å². The van der Waals surface area contributed by atoms with E-state index in [9.17, 15) is 9.18 Å². The molecule has 3 nitrogen and oxygen atoms in total. The maximum atomic E-state index is 13.1. The fraction of sp³-hybridized carbons (Fsp3) is 0.0714. The van der Waals surface area contributed by atoms with Gasteiger partial charge in [-0.25, -0.2) is 9.18 Å². The van der Waals surface area contributed by atoms with Crippen LogP contribution in [0.15, 0.2) is 53.3 Å². The summed E-state index contributed by atoms with van der Waals surface area (Å²) in [6.07, 6.45) is 0. The van der Waals surface area contributed by atoms with Crippen LogP contribution in [0, 0.1) is 5.82 Å². The Balaban J connectivity index is 2.12. The van der Waals surface area contributed by atoms with E-state index >= 15 is 0 Å². The zero-order chi connectivity index (χ0) is 12.5. The van der Waals surface area contributed by atoms with Crippen LogP contribution >= 0.6 is 0 Å². The Labute approximate surface area is 103 Å². The maximum absolute atomic E-state index is 13.1. The van der Waals surface area contributed by atoms with E-state index in [2.05, 4.69) is 4.98 Å².